The topological polar surface area (TPSA) is 61.8 Å². The van der Waals surface area contributed by atoms with Crippen molar-refractivity contribution in [2.75, 3.05) is 6.61 Å². The lowest BCUT2D eigenvalue weighted by Crippen LogP contribution is -2.61. The molecular weight excluding hydrogens is 360 g/mol. The number of carbonyl (C=O) groups is 1. The summed E-state index contributed by atoms with van der Waals surface area (Å²) in [5.74, 6) is -1.06. The average molecular weight is 371 g/mol. The molecule has 0 saturated heterocycles. The summed E-state index contributed by atoms with van der Waals surface area (Å²) in [5.41, 5.74) is -1.32. The number of halogens is 5. The third-order valence-corrected chi connectivity index (χ3v) is 3.49. The number of hydrazine groups is 1. The molecule has 23 heavy (non-hydrogen) atoms. The average Bonchev–Trinajstić information content (AvgIpc) is 2.73. The first kappa shape index (κ1) is 17.7. The number of nitrogens with zero attached hydrogens (tertiary/aromatic N) is 1. The number of rotatable bonds is 3. The number of aliphatic hydroxyl groups is 1. The van der Waals surface area contributed by atoms with Gasteiger partial charge in [-0.2, -0.15) is 13.2 Å². The summed E-state index contributed by atoms with van der Waals surface area (Å²) in [6.45, 7) is 0.509. The van der Waals surface area contributed by atoms with E-state index in [0.717, 1.165) is 0 Å². The minimum Gasteiger partial charge on any atom is -0.482 e. The third-order valence-electron chi connectivity index (χ3n) is 2.96. The Morgan fingerprint density at radius 1 is 1.43 bits per heavy atom. The minimum atomic E-state index is -5.08. The fraction of sp³-hybridized carbons (Fsp3) is 0.308. The van der Waals surface area contributed by atoms with Crippen molar-refractivity contribution in [3.8, 4) is 5.75 Å². The molecule has 10 heteroatoms. The highest BCUT2D eigenvalue weighted by atomic mass is 35.5. The van der Waals surface area contributed by atoms with Crippen molar-refractivity contribution in [3.63, 3.8) is 0 Å². The number of nitrogens with one attached hydrogen (secondary N) is 1. The molecule has 0 saturated carbocycles. The Morgan fingerprint density at radius 3 is 2.65 bits per heavy atom. The Balaban J connectivity index is 2.11. The van der Waals surface area contributed by atoms with Crippen LogP contribution in [0.25, 0.3) is 0 Å². The number of allylic oxidation sites excluding steroid dienone is 1. The molecule has 5 nitrogen and oxygen atoms in total. The maximum absolute atomic E-state index is 13.0. The van der Waals surface area contributed by atoms with E-state index >= 15 is 0 Å². The number of benzene rings is 1. The van der Waals surface area contributed by atoms with Crippen molar-refractivity contribution < 1.29 is 27.8 Å². The number of hydrogen-bond donors (Lipinski definition) is 2. The van der Waals surface area contributed by atoms with Crippen molar-refractivity contribution in [1.29, 1.82) is 0 Å². The standard InChI is InChI=1S/C13H11Cl2F3N2O3/c1-7-5-12(22,13(16,17)18)20(19-7)11(21)6-23-10-3-2-8(14)4-9(10)15/h2-5,19,22H,6H2,1H3/t12-/m0/s1. The smallest absolute Gasteiger partial charge is 0.442 e. The Morgan fingerprint density at radius 2 is 2.09 bits per heavy atom. The summed E-state index contributed by atoms with van der Waals surface area (Å²) in [6.07, 6.45) is -4.58. The second-order valence-electron chi connectivity index (χ2n) is 4.76. The van der Waals surface area contributed by atoms with Crippen molar-refractivity contribution in [3.05, 3.63) is 40.0 Å². The molecule has 0 radical (unpaired) electrons. The van der Waals surface area contributed by atoms with Gasteiger partial charge < -0.3 is 9.84 Å². The predicted octanol–water partition coefficient (Wildman–Crippen LogP) is 2.87. The van der Waals surface area contributed by atoms with Crippen LogP contribution in [0.1, 0.15) is 6.92 Å². The minimum absolute atomic E-state index is 0.0253. The number of ether oxygens (including phenoxy) is 1. The SMILES string of the molecule is CC1=C[C@](O)(C(F)(F)F)N(C(=O)COc2ccc(Cl)cc2Cl)N1. The Kier molecular flexibility index (Phi) is 4.70. The third kappa shape index (κ3) is 3.49. The van der Waals surface area contributed by atoms with Gasteiger partial charge in [0.15, 0.2) is 6.61 Å². The first-order valence-corrected chi connectivity index (χ1v) is 6.96. The van der Waals surface area contributed by atoms with Crippen LogP contribution < -0.4 is 10.2 Å². The summed E-state index contributed by atoms with van der Waals surface area (Å²) in [5, 5.41) is 10.3. The normalized spacial score (nSPS) is 21.0. The molecule has 0 aliphatic carbocycles. The quantitative estimate of drug-likeness (QED) is 0.858. The Bertz CT molecular complexity index is 666. The largest absolute Gasteiger partial charge is 0.482 e. The molecule has 126 valence electrons. The molecule has 1 aromatic carbocycles. The lowest BCUT2D eigenvalue weighted by molar-refractivity contribution is -0.289. The van der Waals surface area contributed by atoms with E-state index < -0.39 is 24.4 Å². The van der Waals surface area contributed by atoms with Crippen LogP contribution in [0.2, 0.25) is 10.0 Å². The lowest BCUT2D eigenvalue weighted by atomic mass is 10.2. The zero-order chi connectivity index (χ0) is 17.4. The number of carbonyl (C=O) groups excluding carboxylic acids is 1. The van der Waals surface area contributed by atoms with Crippen LogP contribution in [0.3, 0.4) is 0 Å². The van der Waals surface area contributed by atoms with E-state index in [-0.39, 0.29) is 21.5 Å². The van der Waals surface area contributed by atoms with Crippen LogP contribution in [-0.4, -0.2) is 34.5 Å². The van der Waals surface area contributed by atoms with Crippen molar-refractivity contribution in [2.45, 2.75) is 18.8 Å². The van der Waals surface area contributed by atoms with Crippen molar-refractivity contribution in [1.82, 2.24) is 10.4 Å². The van der Waals surface area contributed by atoms with Gasteiger partial charge in [-0.15, -0.1) is 0 Å². The maximum atomic E-state index is 13.0. The summed E-state index contributed by atoms with van der Waals surface area (Å²) >= 11 is 11.5. The molecule has 2 N–H and O–H groups in total. The van der Waals surface area contributed by atoms with Gasteiger partial charge in [0.25, 0.3) is 11.6 Å². The maximum Gasteiger partial charge on any atom is 0.442 e. The molecule has 0 spiro atoms. The molecule has 0 aromatic heterocycles. The highest BCUT2D eigenvalue weighted by Gasteiger charge is 2.61. The van der Waals surface area contributed by atoms with Crippen molar-refractivity contribution in [2.24, 2.45) is 0 Å². The summed E-state index contributed by atoms with van der Waals surface area (Å²) in [4.78, 5) is 12.0. The molecule has 1 atom stereocenters. The van der Waals surface area contributed by atoms with Gasteiger partial charge in [0.1, 0.15) is 5.75 Å². The fourth-order valence-corrected chi connectivity index (χ4v) is 2.38. The molecule has 0 bridgehead atoms. The Hall–Kier alpha value is -1.64. The predicted molar refractivity (Wildman–Crippen MR) is 76.7 cm³/mol. The van der Waals surface area contributed by atoms with Gasteiger partial charge >= 0.3 is 6.18 Å². The molecule has 1 aromatic rings. The highest BCUT2D eigenvalue weighted by molar-refractivity contribution is 6.35. The van der Waals surface area contributed by atoms with Crippen LogP contribution in [0.5, 0.6) is 5.75 Å². The van der Waals surface area contributed by atoms with Crippen molar-refractivity contribution >= 4 is 29.1 Å². The molecule has 1 aliphatic rings. The van der Waals surface area contributed by atoms with Crippen LogP contribution in [0.15, 0.2) is 30.0 Å². The summed E-state index contributed by atoms with van der Waals surface area (Å²) in [6, 6.07) is 4.17. The van der Waals surface area contributed by atoms with E-state index in [4.69, 9.17) is 27.9 Å². The highest BCUT2D eigenvalue weighted by Crippen LogP contribution is 2.37. The fourth-order valence-electron chi connectivity index (χ4n) is 1.92. The Labute approximate surface area is 139 Å². The van der Waals surface area contributed by atoms with Gasteiger partial charge in [0.05, 0.1) is 5.02 Å². The van der Waals surface area contributed by atoms with Gasteiger partial charge in [-0.05, 0) is 31.2 Å². The molecule has 0 unspecified atom stereocenters. The number of hydrogen-bond acceptors (Lipinski definition) is 4. The van der Waals surface area contributed by atoms with Gasteiger partial charge in [-0.25, -0.2) is 5.01 Å². The molecule has 1 aliphatic heterocycles. The number of alkyl halides is 3. The summed E-state index contributed by atoms with van der Waals surface area (Å²) < 4.78 is 44.1. The van der Waals surface area contributed by atoms with E-state index in [0.29, 0.717) is 11.1 Å². The molecule has 1 amide bonds. The van der Waals surface area contributed by atoms with E-state index in [1.54, 1.807) is 0 Å². The van der Waals surface area contributed by atoms with Gasteiger partial charge in [-0.1, -0.05) is 23.2 Å². The molecule has 2 rings (SSSR count). The van der Waals surface area contributed by atoms with Gasteiger partial charge in [0, 0.05) is 10.7 Å². The first-order chi connectivity index (χ1) is 10.5. The van der Waals surface area contributed by atoms with E-state index in [9.17, 15) is 23.1 Å². The van der Waals surface area contributed by atoms with E-state index in [1.165, 1.54) is 25.1 Å². The van der Waals surface area contributed by atoms with Crippen LogP contribution >= 0.6 is 23.2 Å². The second-order valence-corrected chi connectivity index (χ2v) is 5.60. The monoisotopic (exact) mass is 370 g/mol. The lowest BCUT2D eigenvalue weighted by Gasteiger charge is -2.33. The molecule has 1 heterocycles. The van der Waals surface area contributed by atoms with Crippen LogP contribution in [0, 0.1) is 0 Å². The molecule has 0 fully saturated rings. The first-order valence-electron chi connectivity index (χ1n) is 6.21. The van der Waals surface area contributed by atoms with Gasteiger partial charge in [0.2, 0.25) is 0 Å². The zero-order valence-corrected chi connectivity index (χ0v) is 13.1. The zero-order valence-electron chi connectivity index (χ0n) is 11.6. The van der Waals surface area contributed by atoms with E-state index in [1.807, 2.05) is 0 Å². The number of amides is 1. The van der Waals surface area contributed by atoms with Crippen LogP contribution in [-0.2, 0) is 4.79 Å². The van der Waals surface area contributed by atoms with Gasteiger partial charge in [-0.3, -0.25) is 10.2 Å². The van der Waals surface area contributed by atoms with E-state index in [2.05, 4.69) is 5.43 Å². The summed E-state index contributed by atoms with van der Waals surface area (Å²) in [7, 11) is 0. The second kappa shape index (κ2) is 6.10. The van der Waals surface area contributed by atoms with Crippen LogP contribution in [0.4, 0.5) is 13.2 Å². The molecular formula is C13H11Cl2F3N2O3.